The van der Waals surface area contributed by atoms with Crippen LogP contribution in [-0.2, 0) is 17.6 Å². The van der Waals surface area contributed by atoms with Crippen LogP contribution in [0.25, 0.3) is 0 Å². The fourth-order valence-electron chi connectivity index (χ4n) is 2.59. The van der Waals surface area contributed by atoms with E-state index in [1.165, 1.54) is 0 Å². The van der Waals surface area contributed by atoms with Crippen LogP contribution in [0.15, 0.2) is 10.9 Å². The third-order valence-corrected chi connectivity index (χ3v) is 3.60. The highest BCUT2D eigenvalue weighted by Gasteiger charge is 2.22. The summed E-state index contributed by atoms with van der Waals surface area (Å²) in [7, 11) is 0. The third-order valence-electron chi connectivity index (χ3n) is 3.60. The molecule has 4 nitrogen and oxygen atoms in total. The van der Waals surface area contributed by atoms with Gasteiger partial charge in [-0.1, -0.05) is 13.3 Å². The molecule has 18 heavy (non-hydrogen) atoms. The van der Waals surface area contributed by atoms with Gasteiger partial charge < -0.3 is 0 Å². The number of nitrogens with zero attached hydrogens (tertiary/aromatic N) is 1. The van der Waals surface area contributed by atoms with Gasteiger partial charge in [0.15, 0.2) is 0 Å². The van der Waals surface area contributed by atoms with E-state index < -0.39 is 0 Å². The smallest absolute Gasteiger partial charge is 0.264 e. The number of aromatic amines is 1. The van der Waals surface area contributed by atoms with Gasteiger partial charge in [-0.2, -0.15) is 5.10 Å². The molecule has 1 heterocycles. The Hall–Kier alpha value is -1.45. The van der Waals surface area contributed by atoms with Gasteiger partial charge in [0, 0.05) is 18.9 Å². The summed E-state index contributed by atoms with van der Waals surface area (Å²) in [6.07, 6.45) is 6.12. The maximum absolute atomic E-state index is 11.8. The Morgan fingerprint density at radius 2 is 2.39 bits per heavy atom. The molecule has 0 radical (unpaired) electrons. The van der Waals surface area contributed by atoms with Gasteiger partial charge in [-0.15, -0.1) is 0 Å². The molecule has 1 aliphatic rings. The monoisotopic (exact) mass is 248 g/mol. The van der Waals surface area contributed by atoms with Gasteiger partial charge in [0.25, 0.3) is 5.56 Å². The second-order valence-corrected chi connectivity index (χ2v) is 5.16. The van der Waals surface area contributed by atoms with Crippen LogP contribution in [0.3, 0.4) is 0 Å². The van der Waals surface area contributed by atoms with Gasteiger partial charge >= 0.3 is 0 Å². The number of aryl methyl sites for hydroxylation is 1. The van der Waals surface area contributed by atoms with Crippen molar-refractivity contribution in [2.75, 3.05) is 0 Å². The number of carbonyl (C=O) groups excluding carboxylic acids is 1. The van der Waals surface area contributed by atoms with Gasteiger partial charge in [-0.05, 0) is 37.2 Å². The van der Waals surface area contributed by atoms with Crippen molar-refractivity contribution >= 4 is 5.78 Å². The molecular formula is C14H20N2O2. The minimum atomic E-state index is -0.147. The molecule has 0 spiro atoms. The normalized spacial score (nSPS) is 18.4. The summed E-state index contributed by atoms with van der Waals surface area (Å²) < 4.78 is 0. The van der Waals surface area contributed by atoms with E-state index in [1.807, 2.05) is 0 Å². The largest absolute Gasteiger partial charge is 0.300 e. The first-order valence-electron chi connectivity index (χ1n) is 6.78. The number of ketones is 1. The highest BCUT2D eigenvalue weighted by atomic mass is 16.1. The number of H-pyrrole nitrogens is 1. The van der Waals surface area contributed by atoms with Crippen LogP contribution < -0.4 is 5.56 Å². The molecule has 0 amide bonds. The quantitative estimate of drug-likeness (QED) is 0.867. The number of hydrogen-bond donors (Lipinski definition) is 1. The van der Waals surface area contributed by atoms with Crippen LogP contribution in [0, 0.1) is 5.92 Å². The lowest BCUT2D eigenvalue weighted by molar-refractivity contribution is -0.120. The number of nitrogens with one attached hydrogen (secondary N) is 1. The Bertz CT molecular complexity index is 479. The molecule has 1 aromatic heterocycles. The van der Waals surface area contributed by atoms with E-state index in [-0.39, 0.29) is 5.56 Å². The van der Waals surface area contributed by atoms with Crippen molar-refractivity contribution in [3.05, 3.63) is 27.7 Å². The van der Waals surface area contributed by atoms with E-state index in [1.54, 1.807) is 6.07 Å². The van der Waals surface area contributed by atoms with Crippen molar-refractivity contribution in [3.8, 4) is 0 Å². The van der Waals surface area contributed by atoms with Crippen molar-refractivity contribution in [1.82, 2.24) is 10.2 Å². The first kappa shape index (κ1) is 13.0. The highest BCUT2D eigenvalue weighted by molar-refractivity contribution is 5.78. The summed E-state index contributed by atoms with van der Waals surface area (Å²) in [5, 5.41) is 6.53. The molecule has 1 aliphatic carbocycles. The Morgan fingerprint density at radius 1 is 1.56 bits per heavy atom. The van der Waals surface area contributed by atoms with Gasteiger partial charge in [-0.3, -0.25) is 9.59 Å². The zero-order valence-corrected chi connectivity index (χ0v) is 10.9. The maximum Gasteiger partial charge on any atom is 0.264 e. The minimum absolute atomic E-state index is 0.147. The molecule has 1 atom stereocenters. The maximum atomic E-state index is 11.8. The highest BCUT2D eigenvalue weighted by Crippen LogP contribution is 2.25. The number of aromatic nitrogens is 2. The summed E-state index contributed by atoms with van der Waals surface area (Å²) >= 11 is 0. The van der Waals surface area contributed by atoms with Gasteiger partial charge in [0.1, 0.15) is 5.78 Å². The summed E-state index contributed by atoms with van der Waals surface area (Å²) in [5.74, 6) is 0.758. The predicted octanol–water partition coefficient (Wildman–Crippen LogP) is 2.02. The van der Waals surface area contributed by atoms with Crippen molar-refractivity contribution in [2.45, 2.75) is 51.9 Å². The Balaban J connectivity index is 1.95. The molecule has 4 heteroatoms. The molecule has 0 fully saturated rings. The van der Waals surface area contributed by atoms with Gasteiger partial charge in [-0.25, -0.2) is 5.10 Å². The Morgan fingerprint density at radius 3 is 3.17 bits per heavy atom. The van der Waals surface area contributed by atoms with E-state index in [9.17, 15) is 9.59 Å². The van der Waals surface area contributed by atoms with E-state index in [0.717, 1.165) is 43.4 Å². The van der Waals surface area contributed by atoms with E-state index >= 15 is 0 Å². The third kappa shape index (κ3) is 3.28. The molecule has 0 saturated carbocycles. The lowest BCUT2D eigenvalue weighted by Crippen LogP contribution is -2.22. The topological polar surface area (TPSA) is 62.8 Å². The average molecular weight is 248 g/mol. The van der Waals surface area contributed by atoms with Gasteiger partial charge in [0.2, 0.25) is 0 Å². The van der Waals surface area contributed by atoms with Crippen LogP contribution >= 0.6 is 0 Å². The average Bonchev–Trinajstić information content (AvgIpc) is 2.36. The summed E-state index contributed by atoms with van der Waals surface area (Å²) in [6.45, 7) is 2.10. The first-order chi connectivity index (χ1) is 8.69. The van der Waals surface area contributed by atoms with Crippen molar-refractivity contribution in [3.63, 3.8) is 0 Å². The summed E-state index contributed by atoms with van der Waals surface area (Å²) in [4.78, 5) is 23.0. The second-order valence-electron chi connectivity index (χ2n) is 5.16. The van der Waals surface area contributed by atoms with Crippen molar-refractivity contribution in [1.29, 1.82) is 0 Å². The zero-order chi connectivity index (χ0) is 13.0. The lowest BCUT2D eigenvalue weighted by atomic mass is 9.83. The standard InChI is InChI=1S/C14H20N2O2/c1-2-3-4-12(17)8-10-5-6-13-11(7-10)9-14(18)16-15-13/h9-10H,2-8H2,1H3,(H,16,18). The molecule has 98 valence electrons. The zero-order valence-electron chi connectivity index (χ0n) is 10.9. The minimum Gasteiger partial charge on any atom is -0.300 e. The summed E-state index contributed by atoms with van der Waals surface area (Å²) in [6, 6.07) is 1.63. The number of rotatable bonds is 5. The molecule has 0 aromatic carbocycles. The first-order valence-corrected chi connectivity index (χ1v) is 6.78. The number of unbranched alkanes of at least 4 members (excludes halogenated alkanes) is 1. The Labute approximate surface area is 107 Å². The lowest BCUT2D eigenvalue weighted by Gasteiger charge is -2.22. The van der Waals surface area contributed by atoms with Gasteiger partial charge in [0.05, 0.1) is 5.69 Å². The Kier molecular flexibility index (Phi) is 4.28. The number of hydrogen-bond acceptors (Lipinski definition) is 3. The molecule has 2 rings (SSSR count). The fourth-order valence-corrected chi connectivity index (χ4v) is 2.59. The van der Waals surface area contributed by atoms with E-state index in [2.05, 4.69) is 17.1 Å². The van der Waals surface area contributed by atoms with E-state index in [0.29, 0.717) is 24.5 Å². The molecule has 0 saturated heterocycles. The van der Waals surface area contributed by atoms with Crippen molar-refractivity contribution in [2.24, 2.45) is 5.92 Å². The molecule has 1 N–H and O–H groups in total. The SMILES string of the molecule is CCCCC(=O)CC1CCc2n[nH]c(=O)cc2C1. The molecule has 0 aliphatic heterocycles. The summed E-state index contributed by atoms with van der Waals surface area (Å²) in [5.41, 5.74) is 1.87. The van der Waals surface area contributed by atoms with Crippen LogP contribution in [0.5, 0.6) is 0 Å². The number of fused-ring (bicyclic) bond motifs is 1. The van der Waals surface area contributed by atoms with Crippen LogP contribution in [0.2, 0.25) is 0 Å². The number of Topliss-reactive ketones (excluding diaryl/α,β-unsaturated/α-hetero) is 1. The molecule has 1 unspecified atom stereocenters. The molecule has 1 aromatic rings. The molecule has 0 bridgehead atoms. The second kappa shape index (κ2) is 5.94. The number of carbonyl (C=O) groups is 1. The van der Waals surface area contributed by atoms with Crippen molar-refractivity contribution < 1.29 is 4.79 Å². The van der Waals surface area contributed by atoms with Crippen LogP contribution in [0.1, 0.15) is 50.3 Å². The molecular weight excluding hydrogens is 228 g/mol. The van der Waals surface area contributed by atoms with Crippen LogP contribution in [0.4, 0.5) is 0 Å². The fraction of sp³-hybridized carbons (Fsp3) is 0.643. The predicted molar refractivity (Wildman–Crippen MR) is 69.5 cm³/mol. The van der Waals surface area contributed by atoms with Crippen LogP contribution in [-0.4, -0.2) is 16.0 Å². The van der Waals surface area contributed by atoms with E-state index in [4.69, 9.17) is 0 Å².